The van der Waals surface area contributed by atoms with Gasteiger partial charge in [-0.05, 0) is 43.7 Å². The molecule has 0 heterocycles. The fourth-order valence-electron chi connectivity index (χ4n) is 2.19. The number of anilines is 2. The van der Waals surface area contributed by atoms with Gasteiger partial charge in [-0.3, -0.25) is 4.79 Å². The summed E-state index contributed by atoms with van der Waals surface area (Å²) in [5.41, 5.74) is 9.77. The van der Waals surface area contributed by atoms with E-state index in [1.807, 2.05) is 32.0 Å². The molecule has 0 fully saturated rings. The highest BCUT2D eigenvalue weighted by molar-refractivity contribution is 6.31. The van der Waals surface area contributed by atoms with Gasteiger partial charge in [0.2, 0.25) is 0 Å². The molecule has 0 radical (unpaired) electrons. The van der Waals surface area contributed by atoms with Gasteiger partial charge in [-0.1, -0.05) is 29.3 Å². The Morgan fingerprint density at radius 3 is 2.50 bits per heavy atom. The predicted molar refractivity (Wildman–Crippen MR) is 84.5 cm³/mol. The Balaban J connectivity index is 2.40. The first kappa shape index (κ1) is 14.4. The SMILES string of the molecule is Cc1ccc(N(C)C(=O)c2cc(Cl)ccc2N)c(C)c1. The van der Waals surface area contributed by atoms with E-state index >= 15 is 0 Å². The van der Waals surface area contributed by atoms with Crippen LogP contribution in [0.5, 0.6) is 0 Å². The summed E-state index contributed by atoms with van der Waals surface area (Å²) in [4.78, 5) is 14.1. The number of halogens is 1. The highest BCUT2D eigenvalue weighted by Gasteiger charge is 2.17. The third kappa shape index (κ3) is 2.78. The van der Waals surface area contributed by atoms with Gasteiger partial charge in [-0.25, -0.2) is 0 Å². The minimum absolute atomic E-state index is 0.169. The van der Waals surface area contributed by atoms with Gasteiger partial charge in [0.25, 0.3) is 5.91 Å². The van der Waals surface area contributed by atoms with Crippen molar-refractivity contribution in [1.29, 1.82) is 0 Å². The van der Waals surface area contributed by atoms with Crippen LogP contribution in [0.2, 0.25) is 5.02 Å². The largest absolute Gasteiger partial charge is 0.398 e. The van der Waals surface area contributed by atoms with E-state index in [1.165, 1.54) is 0 Å². The van der Waals surface area contributed by atoms with Crippen LogP contribution in [0.1, 0.15) is 21.5 Å². The van der Waals surface area contributed by atoms with Crippen LogP contribution in [0.25, 0.3) is 0 Å². The number of benzene rings is 2. The van der Waals surface area contributed by atoms with Crippen molar-refractivity contribution in [1.82, 2.24) is 0 Å². The van der Waals surface area contributed by atoms with Crippen molar-refractivity contribution in [3.63, 3.8) is 0 Å². The number of amides is 1. The van der Waals surface area contributed by atoms with Crippen molar-refractivity contribution in [3.05, 3.63) is 58.1 Å². The zero-order chi connectivity index (χ0) is 14.9. The Kier molecular flexibility index (Phi) is 4.00. The van der Waals surface area contributed by atoms with Crippen LogP contribution in [-0.2, 0) is 0 Å². The van der Waals surface area contributed by atoms with Crippen molar-refractivity contribution in [2.75, 3.05) is 17.7 Å². The normalized spacial score (nSPS) is 10.4. The van der Waals surface area contributed by atoms with Gasteiger partial charge in [0.1, 0.15) is 0 Å². The lowest BCUT2D eigenvalue weighted by molar-refractivity contribution is 0.0993. The minimum Gasteiger partial charge on any atom is -0.398 e. The number of aryl methyl sites for hydroxylation is 2. The van der Waals surface area contributed by atoms with Crippen LogP contribution in [0.4, 0.5) is 11.4 Å². The van der Waals surface area contributed by atoms with Gasteiger partial charge in [0.15, 0.2) is 0 Å². The maximum atomic E-state index is 12.5. The molecule has 0 atom stereocenters. The maximum Gasteiger partial charge on any atom is 0.260 e. The topological polar surface area (TPSA) is 46.3 Å². The van der Waals surface area contributed by atoms with Crippen LogP contribution in [0.3, 0.4) is 0 Å². The number of hydrogen-bond donors (Lipinski definition) is 1. The van der Waals surface area contributed by atoms with Crippen molar-refractivity contribution in [2.24, 2.45) is 0 Å². The van der Waals surface area contributed by atoms with Crippen molar-refractivity contribution < 1.29 is 4.79 Å². The van der Waals surface area contributed by atoms with Crippen LogP contribution < -0.4 is 10.6 Å². The molecule has 0 unspecified atom stereocenters. The zero-order valence-corrected chi connectivity index (χ0v) is 12.5. The summed E-state index contributed by atoms with van der Waals surface area (Å²) >= 11 is 5.94. The highest BCUT2D eigenvalue weighted by Crippen LogP contribution is 2.25. The van der Waals surface area contributed by atoms with E-state index in [4.69, 9.17) is 17.3 Å². The molecule has 0 bridgehead atoms. The first-order chi connectivity index (χ1) is 9.40. The molecule has 104 valence electrons. The number of nitrogen functional groups attached to an aromatic ring is 1. The molecule has 2 rings (SSSR count). The van der Waals surface area contributed by atoms with E-state index in [2.05, 4.69) is 0 Å². The molecular formula is C16H17ClN2O. The van der Waals surface area contributed by atoms with Gasteiger partial charge < -0.3 is 10.6 Å². The molecule has 0 aliphatic rings. The Bertz CT molecular complexity index is 668. The summed E-state index contributed by atoms with van der Waals surface area (Å²) in [5, 5.41) is 0.497. The second-order valence-electron chi connectivity index (χ2n) is 4.89. The molecule has 0 saturated carbocycles. The third-order valence-electron chi connectivity index (χ3n) is 3.26. The lowest BCUT2D eigenvalue weighted by Crippen LogP contribution is -2.27. The Labute approximate surface area is 124 Å². The maximum absolute atomic E-state index is 12.5. The lowest BCUT2D eigenvalue weighted by atomic mass is 10.1. The molecule has 0 spiro atoms. The molecule has 1 amide bonds. The van der Waals surface area contributed by atoms with Crippen LogP contribution >= 0.6 is 11.6 Å². The number of rotatable bonds is 2. The standard InChI is InChI=1S/C16H17ClN2O/c1-10-4-7-15(11(2)8-10)19(3)16(20)13-9-12(17)5-6-14(13)18/h4-9H,18H2,1-3H3. The fraction of sp³-hybridized carbons (Fsp3) is 0.188. The first-order valence-corrected chi connectivity index (χ1v) is 6.68. The van der Waals surface area contributed by atoms with Gasteiger partial charge in [-0.15, -0.1) is 0 Å². The molecule has 2 aromatic carbocycles. The van der Waals surface area contributed by atoms with Crippen LogP contribution in [0.15, 0.2) is 36.4 Å². The Morgan fingerprint density at radius 1 is 1.15 bits per heavy atom. The third-order valence-corrected chi connectivity index (χ3v) is 3.50. The number of carbonyl (C=O) groups excluding carboxylic acids is 1. The Hall–Kier alpha value is -2.00. The highest BCUT2D eigenvalue weighted by atomic mass is 35.5. The number of nitrogens with two attached hydrogens (primary N) is 1. The molecule has 0 aliphatic carbocycles. The zero-order valence-electron chi connectivity index (χ0n) is 11.8. The van der Waals surface area contributed by atoms with Gasteiger partial charge in [-0.2, -0.15) is 0 Å². The fourth-order valence-corrected chi connectivity index (χ4v) is 2.36. The summed E-state index contributed by atoms with van der Waals surface area (Å²) in [5.74, 6) is -0.169. The van der Waals surface area contributed by atoms with Gasteiger partial charge in [0, 0.05) is 23.4 Å². The molecular weight excluding hydrogens is 272 g/mol. The van der Waals surface area contributed by atoms with E-state index in [1.54, 1.807) is 30.1 Å². The molecule has 20 heavy (non-hydrogen) atoms. The quantitative estimate of drug-likeness (QED) is 0.854. The summed E-state index contributed by atoms with van der Waals surface area (Å²) in [6, 6.07) is 10.9. The van der Waals surface area contributed by atoms with E-state index < -0.39 is 0 Å². The van der Waals surface area contributed by atoms with E-state index in [0.717, 1.165) is 16.8 Å². The smallest absolute Gasteiger partial charge is 0.260 e. The second-order valence-corrected chi connectivity index (χ2v) is 5.32. The summed E-state index contributed by atoms with van der Waals surface area (Å²) < 4.78 is 0. The summed E-state index contributed by atoms with van der Waals surface area (Å²) in [6.45, 7) is 4.00. The molecule has 4 heteroatoms. The molecule has 0 aromatic heterocycles. The molecule has 0 aliphatic heterocycles. The Morgan fingerprint density at radius 2 is 1.85 bits per heavy atom. The van der Waals surface area contributed by atoms with Gasteiger partial charge in [0.05, 0.1) is 5.56 Å². The van der Waals surface area contributed by atoms with Crippen molar-refractivity contribution >= 4 is 28.9 Å². The lowest BCUT2D eigenvalue weighted by Gasteiger charge is -2.21. The monoisotopic (exact) mass is 288 g/mol. The van der Waals surface area contributed by atoms with E-state index in [-0.39, 0.29) is 5.91 Å². The molecule has 3 nitrogen and oxygen atoms in total. The number of carbonyl (C=O) groups is 1. The van der Waals surface area contributed by atoms with Crippen molar-refractivity contribution in [3.8, 4) is 0 Å². The van der Waals surface area contributed by atoms with Crippen LogP contribution in [0, 0.1) is 13.8 Å². The number of nitrogens with zero attached hydrogens (tertiary/aromatic N) is 1. The summed E-state index contributed by atoms with van der Waals surface area (Å²) in [6.07, 6.45) is 0. The molecule has 2 N–H and O–H groups in total. The molecule has 2 aromatic rings. The molecule has 0 saturated heterocycles. The van der Waals surface area contributed by atoms with Gasteiger partial charge >= 0.3 is 0 Å². The predicted octanol–water partition coefficient (Wildman–Crippen LogP) is 3.82. The van der Waals surface area contributed by atoms with E-state index in [9.17, 15) is 4.79 Å². The minimum atomic E-state index is -0.169. The average molecular weight is 289 g/mol. The summed E-state index contributed by atoms with van der Waals surface area (Å²) in [7, 11) is 1.74. The number of hydrogen-bond acceptors (Lipinski definition) is 2. The first-order valence-electron chi connectivity index (χ1n) is 6.30. The second kappa shape index (κ2) is 5.55. The average Bonchev–Trinajstić information content (AvgIpc) is 2.40. The van der Waals surface area contributed by atoms with Crippen LogP contribution in [-0.4, -0.2) is 13.0 Å². The van der Waals surface area contributed by atoms with Crippen molar-refractivity contribution in [2.45, 2.75) is 13.8 Å². The van der Waals surface area contributed by atoms with E-state index in [0.29, 0.717) is 16.3 Å².